The molecule has 0 amide bonds. The maximum Gasteiger partial charge on any atom is 0.141 e. The molecule has 0 fully saturated rings. The van der Waals surface area contributed by atoms with Gasteiger partial charge >= 0.3 is 0 Å². The first-order valence-corrected chi connectivity index (χ1v) is 9.58. The Kier molecular flexibility index (Phi) is 2.69. The number of nitrogens with zero attached hydrogens (tertiary/aromatic N) is 2. The van der Waals surface area contributed by atoms with Gasteiger partial charge in [-0.05, 0) is 51.2 Å². The molecule has 0 spiro atoms. The van der Waals surface area contributed by atoms with E-state index in [-0.39, 0.29) is 0 Å². The van der Waals surface area contributed by atoms with Crippen LogP contribution in [-0.4, -0.2) is 14.2 Å². The SMILES string of the molecule is O=S1c2ncccc2-c2nccc3c2c1cc1c2ccccc2ccc31. The molecule has 0 saturated carbocycles. The summed E-state index contributed by atoms with van der Waals surface area (Å²) < 4.78 is 13.3. The van der Waals surface area contributed by atoms with Crippen molar-refractivity contribution in [2.24, 2.45) is 0 Å². The molecule has 0 aliphatic carbocycles. The van der Waals surface area contributed by atoms with Crippen LogP contribution in [0, 0.1) is 0 Å². The molecule has 3 aromatic carbocycles. The Balaban J connectivity index is 1.90. The highest BCUT2D eigenvalue weighted by atomic mass is 32.2. The number of benzene rings is 3. The monoisotopic (exact) mass is 352 g/mol. The van der Waals surface area contributed by atoms with Crippen LogP contribution in [-0.2, 0) is 10.8 Å². The average molecular weight is 352 g/mol. The molecule has 1 aliphatic rings. The van der Waals surface area contributed by atoms with E-state index in [0.29, 0.717) is 5.03 Å². The summed E-state index contributed by atoms with van der Waals surface area (Å²) in [4.78, 5) is 9.80. The van der Waals surface area contributed by atoms with Gasteiger partial charge in [0.15, 0.2) is 0 Å². The fraction of sp³-hybridized carbons (Fsp3) is 0. The van der Waals surface area contributed by atoms with Gasteiger partial charge in [0.05, 0.1) is 10.6 Å². The summed E-state index contributed by atoms with van der Waals surface area (Å²) in [7, 11) is -1.31. The van der Waals surface area contributed by atoms with Gasteiger partial charge in [0.1, 0.15) is 15.8 Å². The summed E-state index contributed by atoms with van der Waals surface area (Å²) in [5.41, 5.74) is 1.74. The highest BCUT2D eigenvalue weighted by Gasteiger charge is 2.27. The lowest BCUT2D eigenvalue weighted by Crippen LogP contribution is -2.07. The fourth-order valence-electron chi connectivity index (χ4n) is 4.00. The Labute approximate surface area is 151 Å². The summed E-state index contributed by atoms with van der Waals surface area (Å²) in [6.45, 7) is 0. The topological polar surface area (TPSA) is 42.9 Å². The lowest BCUT2D eigenvalue weighted by molar-refractivity contribution is 0.680. The first kappa shape index (κ1) is 14.1. The van der Waals surface area contributed by atoms with Crippen molar-refractivity contribution < 1.29 is 4.21 Å². The minimum atomic E-state index is -1.31. The van der Waals surface area contributed by atoms with Crippen molar-refractivity contribution in [3.63, 3.8) is 0 Å². The highest BCUT2D eigenvalue weighted by molar-refractivity contribution is 7.85. The predicted molar refractivity (Wildman–Crippen MR) is 105 cm³/mol. The van der Waals surface area contributed by atoms with E-state index in [1.165, 1.54) is 10.8 Å². The normalized spacial score (nSPS) is 15.5. The van der Waals surface area contributed by atoms with Crippen LogP contribution in [0.4, 0.5) is 0 Å². The first-order chi connectivity index (χ1) is 12.8. The van der Waals surface area contributed by atoms with Crippen LogP contribution in [0.25, 0.3) is 43.6 Å². The number of pyridine rings is 2. The standard InChI is InChI=1S/C22H12N2OS/c25-26-19-12-18-14-5-2-1-4-13(14)7-8-15(18)16-9-11-23-21(20(16)19)17-6-3-10-24-22(17)26/h1-12H. The van der Waals surface area contributed by atoms with Crippen molar-refractivity contribution >= 4 is 43.1 Å². The van der Waals surface area contributed by atoms with Crippen molar-refractivity contribution in [3.05, 3.63) is 73.1 Å². The van der Waals surface area contributed by atoms with E-state index in [0.717, 1.165) is 37.7 Å². The third-order valence-corrected chi connectivity index (χ3v) is 6.53. The van der Waals surface area contributed by atoms with E-state index in [9.17, 15) is 4.21 Å². The van der Waals surface area contributed by atoms with E-state index < -0.39 is 10.8 Å². The lowest BCUT2D eigenvalue weighted by atomic mass is 9.95. The lowest BCUT2D eigenvalue weighted by Gasteiger charge is -2.20. The van der Waals surface area contributed by atoms with Crippen molar-refractivity contribution in [1.82, 2.24) is 9.97 Å². The summed E-state index contributed by atoms with van der Waals surface area (Å²) in [5.74, 6) is 0. The van der Waals surface area contributed by atoms with E-state index in [1.54, 1.807) is 6.20 Å². The van der Waals surface area contributed by atoms with E-state index in [1.807, 2.05) is 36.5 Å². The molecule has 122 valence electrons. The second kappa shape index (κ2) is 4.96. The molecule has 6 rings (SSSR count). The molecular formula is C22H12N2OS. The van der Waals surface area contributed by atoms with Crippen LogP contribution in [0.15, 0.2) is 83.0 Å². The molecule has 1 unspecified atom stereocenters. The molecular weight excluding hydrogens is 340 g/mol. The largest absolute Gasteiger partial charge is 0.255 e. The van der Waals surface area contributed by atoms with Crippen molar-refractivity contribution in [3.8, 4) is 11.3 Å². The van der Waals surface area contributed by atoms with Crippen LogP contribution in [0.5, 0.6) is 0 Å². The molecule has 3 nitrogen and oxygen atoms in total. The fourth-order valence-corrected chi connectivity index (χ4v) is 5.34. The number of hydrogen-bond acceptors (Lipinski definition) is 3. The van der Waals surface area contributed by atoms with E-state index in [4.69, 9.17) is 0 Å². The molecule has 0 bridgehead atoms. The molecule has 0 saturated heterocycles. The summed E-state index contributed by atoms with van der Waals surface area (Å²) in [6, 6.07) is 20.5. The molecule has 1 aliphatic heterocycles. The average Bonchev–Trinajstić information content (AvgIpc) is 2.71. The molecule has 0 N–H and O–H groups in total. The van der Waals surface area contributed by atoms with Crippen LogP contribution < -0.4 is 0 Å². The van der Waals surface area contributed by atoms with Crippen LogP contribution in [0.1, 0.15) is 0 Å². The predicted octanol–water partition coefficient (Wildman–Crippen LogP) is 5.08. The number of rotatable bonds is 0. The third kappa shape index (κ3) is 1.69. The van der Waals surface area contributed by atoms with Crippen LogP contribution in [0.2, 0.25) is 0 Å². The minimum absolute atomic E-state index is 0.597. The third-order valence-electron chi connectivity index (χ3n) is 5.14. The molecule has 5 aromatic rings. The second-order valence-electron chi connectivity index (χ2n) is 6.46. The second-order valence-corrected chi connectivity index (χ2v) is 7.83. The van der Waals surface area contributed by atoms with Gasteiger partial charge in [-0.15, -0.1) is 0 Å². The maximum atomic E-state index is 13.3. The Morgan fingerprint density at radius 1 is 0.731 bits per heavy atom. The zero-order valence-electron chi connectivity index (χ0n) is 13.6. The highest BCUT2D eigenvalue weighted by Crippen LogP contribution is 2.43. The van der Waals surface area contributed by atoms with E-state index >= 15 is 0 Å². The maximum absolute atomic E-state index is 13.3. The van der Waals surface area contributed by atoms with Crippen molar-refractivity contribution in [2.75, 3.05) is 0 Å². The Hall–Kier alpha value is -3.11. The quantitative estimate of drug-likeness (QED) is 0.358. The molecule has 4 heteroatoms. The minimum Gasteiger partial charge on any atom is -0.255 e. The smallest absolute Gasteiger partial charge is 0.141 e. The number of hydrogen-bond donors (Lipinski definition) is 0. The van der Waals surface area contributed by atoms with Gasteiger partial charge in [0, 0.05) is 23.3 Å². The molecule has 0 radical (unpaired) electrons. The summed E-state index contributed by atoms with van der Waals surface area (Å²) in [6.07, 6.45) is 3.53. The first-order valence-electron chi connectivity index (χ1n) is 8.43. The van der Waals surface area contributed by atoms with Gasteiger partial charge in [-0.1, -0.05) is 36.4 Å². The van der Waals surface area contributed by atoms with Crippen molar-refractivity contribution in [2.45, 2.75) is 9.92 Å². The summed E-state index contributed by atoms with van der Waals surface area (Å²) in [5, 5.41) is 7.31. The van der Waals surface area contributed by atoms with E-state index in [2.05, 4.69) is 40.3 Å². The van der Waals surface area contributed by atoms with Crippen LogP contribution in [0.3, 0.4) is 0 Å². The van der Waals surface area contributed by atoms with Crippen molar-refractivity contribution in [1.29, 1.82) is 0 Å². The Bertz CT molecular complexity index is 1410. The van der Waals surface area contributed by atoms with Gasteiger partial charge in [0.25, 0.3) is 0 Å². The molecule has 1 atom stereocenters. The van der Waals surface area contributed by atoms with Gasteiger partial charge in [-0.25, -0.2) is 9.19 Å². The molecule has 26 heavy (non-hydrogen) atoms. The number of fused-ring (bicyclic) bond motifs is 6. The Morgan fingerprint density at radius 3 is 2.62 bits per heavy atom. The van der Waals surface area contributed by atoms with Crippen LogP contribution >= 0.6 is 0 Å². The van der Waals surface area contributed by atoms with Gasteiger partial charge in [0.2, 0.25) is 0 Å². The molecule has 3 heterocycles. The van der Waals surface area contributed by atoms with Gasteiger partial charge in [-0.2, -0.15) is 0 Å². The Morgan fingerprint density at radius 2 is 1.65 bits per heavy atom. The van der Waals surface area contributed by atoms with Gasteiger partial charge in [-0.3, -0.25) is 4.98 Å². The molecule has 2 aromatic heterocycles. The number of aromatic nitrogens is 2. The zero-order valence-corrected chi connectivity index (χ0v) is 14.5. The zero-order chi connectivity index (χ0) is 17.3. The summed E-state index contributed by atoms with van der Waals surface area (Å²) >= 11 is 0. The van der Waals surface area contributed by atoms with Gasteiger partial charge < -0.3 is 0 Å².